The van der Waals surface area contributed by atoms with Gasteiger partial charge in [0, 0.05) is 10.9 Å². The number of benzene rings is 2. The van der Waals surface area contributed by atoms with Gasteiger partial charge in [0.15, 0.2) is 15.0 Å². The van der Waals surface area contributed by atoms with Gasteiger partial charge >= 0.3 is 0 Å². The Morgan fingerprint density at radius 3 is 2.48 bits per heavy atom. The largest absolute Gasteiger partial charge is 0.302 e. The normalized spacial score (nSPS) is 13.8. The fourth-order valence-electron chi connectivity index (χ4n) is 3.77. The van der Waals surface area contributed by atoms with Gasteiger partial charge in [-0.15, -0.1) is 11.3 Å². The summed E-state index contributed by atoms with van der Waals surface area (Å²) < 4.78 is 24.4. The minimum absolute atomic E-state index is 0.162. The number of hydrogen-bond donors (Lipinski definition) is 1. The zero-order valence-electron chi connectivity index (χ0n) is 17.7. The van der Waals surface area contributed by atoms with Crippen molar-refractivity contribution in [2.45, 2.75) is 56.1 Å². The Kier molecular flexibility index (Phi) is 6.25. The maximum Gasteiger partial charge on any atom is 0.230 e. The van der Waals surface area contributed by atoms with E-state index in [9.17, 15) is 13.2 Å². The SMILES string of the molecule is CC(C)S(=O)(=O)c1ccc(CC(=O)Nc2nc(-c3ccc4c(c3)CCCC4)cs2)cc1. The van der Waals surface area contributed by atoms with Crippen LogP contribution in [0.1, 0.15) is 43.4 Å². The minimum Gasteiger partial charge on any atom is -0.302 e. The van der Waals surface area contributed by atoms with Gasteiger partial charge in [-0.3, -0.25) is 4.79 Å². The van der Waals surface area contributed by atoms with Crippen molar-refractivity contribution in [3.63, 3.8) is 0 Å². The molecule has 0 unspecified atom stereocenters. The van der Waals surface area contributed by atoms with Crippen LogP contribution >= 0.6 is 11.3 Å². The minimum atomic E-state index is -3.31. The summed E-state index contributed by atoms with van der Waals surface area (Å²) in [6.07, 6.45) is 4.93. The van der Waals surface area contributed by atoms with Gasteiger partial charge in [-0.25, -0.2) is 13.4 Å². The van der Waals surface area contributed by atoms with E-state index in [4.69, 9.17) is 0 Å². The van der Waals surface area contributed by atoms with E-state index >= 15 is 0 Å². The number of amides is 1. The van der Waals surface area contributed by atoms with E-state index < -0.39 is 15.1 Å². The van der Waals surface area contributed by atoms with Crippen LogP contribution in [0.4, 0.5) is 5.13 Å². The Bertz CT molecular complexity index is 1200. The molecule has 4 rings (SSSR count). The van der Waals surface area contributed by atoms with Crippen LogP contribution in [0.15, 0.2) is 52.7 Å². The number of sulfone groups is 1. The Labute approximate surface area is 187 Å². The smallest absolute Gasteiger partial charge is 0.230 e. The van der Waals surface area contributed by atoms with E-state index in [0.29, 0.717) is 5.13 Å². The predicted octanol–water partition coefficient (Wildman–Crippen LogP) is 5.05. The highest BCUT2D eigenvalue weighted by Crippen LogP contribution is 2.29. The van der Waals surface area contributed by atoms with Crippen molar-refractivity contribution in [1.29, 1.82) is 0 Å². The monoisotopic (exact) mass is 454 g/mol. The zero-order valence-corrected chi connectivity index (χ0v) is 19.4. The Hall–Kier alpha value is -2.51. The standard InChI is InChI=1S/C24H26N2O3S2/c1-16(2)31(28,29)21-11-7-17(8-12-21)13-23(27)26-24-25-22(15-30-24)20-10-9-18-5-3-4-6-19(18)14-20/h7-12,14-16H,3-6,13H2,1-2H3,(H,25,26,27). The lowest BCUT2D eigenvalue weighted by atomic mass is 9.90. The number of nitrogens with one attached hydrogen (secondary N) is 1. The third kappa shape index (κ3) is 4.88. The van der Waals surface area contributed by atoms with Gasteiger partial charge in [0.2, 0.25) is 5.91 Å². The highest BCUT2D eigenvalue weighted by Gasteiger charge is 2.19. The number of fused-ring (bicyclic) bond motifs is 1. The second-order valence-corrected chi connectivity index (χ2v) is 11.6. The summed E-state index contributed by atoms with van der Waals surface area (Å²) in [5, 5.41) is 4.91. The van der Waals surface area contributed by atoms with Gasteiger partial charge in [-0.05, 0) is 74.4 Å². The lowest BCUT2D eigenvalue weighted by Gasteiger charge is -2.16. The highest BCUT2D eigenvalue weighted by molar-refractivity contribution is 7.92. The van der Waals surface area contributed by atoms with E-state index in [2.05, 4.69) is 28.5 Å². The van der Waals surface area contributed by atoms with Gasteiger partial charge in [-0.1, -0.05) is 24.3 Å². The number of nitrogens with zero attached hydrogens (tertiary/aromatic N) is 1. The summed E-state index contributed by atoms with van der Waals surface area (Å²) in [5.41, 5.74) is 5.55. The highest BCUT2D eigenvalue weighted by atomic mass is 32.2. The van der Waals surface area contributed by atoms with Crippen LogP contribution in [-0.2, 0) is 33.9 Å². The molecular formula is C24H26N2O3S2. The fraction of sp³-hybridized carbons (Fsp3) is 0.333. The summed E-state index contributed by atoms with van der Waals surface area (Å²) in [6.45, 7) is 3.31. The van der Waals surface area contributed by atoms with Crippen LogP contribution in [0.25, 0.3) is 11.3 Å². The number of hydrogen-bond acceptors (Lipinski definition) is 5. The number of aromatic nitrogens is 1. The predicted molar refractivity (Wildman–Crippen MR) is 125 cm³/mol. The lowest BCUT2D eigenvalue weighted by molar-refractivity contribution is -0.115. The van der Waals surface area contributed by atoms with Gasteiger partial charge in [0.1, 0.15) is 0 Å². The average Bonchev–Trinajstić information content (AvgIpc) is 3.22. The third-order valence-electron chi connectivity index (χ3n) is 5.63. The maximum absolute atomic E-state index is 12.4. The Morgan fingerprint density at radius 1 is 1.06 bits per heavy atom. The molecule has 1 aliphatic carbocycles. The van der Waals surface area contributed by atoms with Crippen molar-refractivity contribution < 1.29 is 13.2 Å². The molecule has 5 nitrogen and oxygen atoms in total. The molecule has 1 aromatic heterocycles. The molecule has 0 fully saturated rings. The molecule has 0 spiro atoms. The summed E-state index contributed by atoms with van der Waals surface area (Å²) in [5.74, 6) is -0.175. The second kappa shape index (κ2) is 8.93. The van der Waals surface area contributed by atoms with E-state index in [1.165, 1.54) is 35.3 Å². The summed E-state index contributed by atoms with van der Waals surface area (Å²) in [7, 11) is -3.31. The van der Waals surface area contributed by atoms with Gasteiger partial charge in [-0.2, -0.15) is 0 Å². The third-order valence-corrected chi connectivity index (χ3v) is 8.56. The van der Waals surface area contributed by atoms with E-state index in [1.807, 2.05) is 5.38 Å². The van der Waals surface area contributed by atoms with Crippen molar-refractivity contribution in [2.24, 2.45) is 0 Å². The van der Waals surface area contributed by atoms with Gasteiger partial charge in [0.25, 0.3) is 0 Å². The van der Waals surface area contributed by atoms with Crippen LogP contribution in [-0.4, -0.2) is 24.6 Å². The average molecular weight is 455 g/mol. The number of carbonyl (C=O) groups is 1. The van der Waals surface area contributed by atoms with Crippen LogP contribution in [0, 0.1) is 0 Å². The summed E-state index contributed by atoms with van der Waals surface area (Å²) in [6, 6.07) is 13.0. The Balaban J connectivity index is 1.40. The molecule has 31 heavy (non-hydrogen) atoms. The molecule has 0 bridgehead atoms. The summed E-state index contributed by atoms with van der Waals surface area (Å²) in [4.78, 5) is 17.3. The number of aryl methyl sites for hydroxylation is 2. The van der Waals surface area contributed by atoms with Crippen molar-refractivity contribution in [2.75, 3.05) is 5.32 Å². The van der Waals surface area contributed by atoms with E-state index in [0.717, 1.165) is 29.7 Å². The molecular weight excluding hydrogens is 428 g/mol. The van der Waals surface area contributed by atoms with Crippen molar-refractivity contribution in [3.8, 4) is 11.3 Å². The number of rotatable bonds is 6. The van der Waals surface area contributed by atoms with Crippen LogP contribution in [0.3, 0.4) is 0 Å². The molecule has 2 aromatic carbocycles. The molecule has 1 amide bonds. The molecule has 0 radical (unpaired) electrons. The van der Waals surface area contributed by atoms with E-state index in [1.54, 1.807) is 38.1 Å². The molecule has 1 heterocycles. The quantitative estimate of drug-likeness (QED) is 0.565. The molecule has 3 aromatic rings. The van der Waals surface area contributed by atoms with Crippen LogP contribution < -0.4 is 5.32 Å². The van der Waals surface area contributed by atoms with Gasteiger partial charge in [0.05, 0.1) is 22.3 Å². The molecule has 0 atom stereocenters. The molecule has 1 N–H and O–H groups in total. The maximum atomic E-state index is 12.4. The molecule has 7 heteroatoms. The second-order valence-electron chi connectivity index (χ2n) is 8.19. The number of carbonyl (C=O) groups excluding carboxylic acids is 1. The first kappa shape index (κ1) is 21.7. The molecule has 0 saturated carbocycles. The first-order valence-electron chi connectivity index (χ1n) is 10.5. The Morgan fingerprint density at radius 2 is 1.77 bits per heavy atom. The van der Waals surface area contributed by atoms with Crippen molar-refractivity contribution >= 4 is 32.2 Å². The van der Waals surface area contributed by atoms with Crippen molar-refractivity contribution in [1.82, 2.24) is 4.98 Å². The lowest BCUT2D eigenvalue weighted by Crippen LogP contribution is -2.15. The fourth-order valence-corrected chi connectivity index (χ4v) is 5.57. The number of anilines is 1. The molecule has 1 aliphatic rings. The topological polar surface area (TPSA) is 76.1 Å². The zero-order chi connectivity index (χ0) is 22.0. The molecule has 162 valence electrons. The first-order chi connectivity index (χ1) is 14.8. The molecule has 0 aliphatic heterocycles. The van der Waals surface area contributed by atoms with E-state index in [-0.39, 0.29) is 17.2 Å². The first-order valence-corrected chi connectivity index (χ1v) is 13.0. The van der Waals surface area contributed by atoms with Gasteiger partial charge < -0.3 is 5.32 Å². The summed E-state index contributed by atoms with van der Waals surface area (Å²) >= 11 is 1.41. The number of thiazole rings is 1. The van der Waals surface area contributed by atoms with Crippen LogP contribution in [0.5, 0.6) is 0 Å². The van der Waals surface area contributed by atoms with Crippen molar-refractivity contribution in [3.05, 3.63) is 64.5 Å². The van der Waals surface area contributed by atoms with Crippen LogP contribution in [0.2, 0.25) is 0 Å². The molecule has 0 saturated heterocycles.